The van der Waals surface area contributed by atoms with E-state index in [-0.39, 0.29) is 0 Å². The number of rotatable bonds is 6. The summed E-state index contributed by atoms with van der Waals surface area (Å²) in [5, 5.41) is 6.07. The molecule has 0 aliphatic heterocycles. The molecule has 1 aromatic rings. The maximum Gasteiger partial charge on any atom is 0.407 e. The van der Waals surface area contributed by atoms with E-state index in [1.165, 1.54) is 0 Å². The highest BCUT2D eigenvalue weighted by atomic mass is 16.6. The number of hydrogen-bond donors (Lipinski definition) is 3. The van der Waals surface area contributed by atoms with Crippen LogP contribution in [-0.2, 0) is 11.3 Å². The SMILES string of the molecule is CC(C)(C)OC(=O)NCc1ccccc1NCCCN. The third-order valence-electron chi connectivity index (χ3n) is 2.54. The average molecular weight is 279 g/mol. The highest BCUT2D eigenvalue weighted by molar-refractivity contribution is 5.68. The molecule has 5 heteroatoms. The Hall–Kier alpha value is -1.75. The van der Waals surface area contributed by atoms with Crippen LogP contribution in [0.25, 0.3) is 0 Å². The first-order valence-electron chi connectivity index (χ1n) is 6.91. The van der Waals surface area contributed by atoms with Gasteiger partial charge in [0.15, 0.2) is 0 Å². The van der Waals surface area contributed by atoms with Crippen molar-refractivity contribution >= 4 is 11.8 Å². The van der Waals surface area contributed by atoms with Gasteiger partial charge in [0.1, 0.15) is 5.60 Å². The molecule has 0 heterocycles. The van der Waals surface area contributed by atoms with Crippen molar-refractivity contribution < 1.29 is 9.53 Å². The van der Waals surface area contributed by atoms with Crippen LogP contribution in [0.15, 0.2) is 24.3 Å². The van der Waals surface area contributed by atoms with Crippen molar-refractivity contribution in [3.05, 3.63) is 29.8 Å². The maximum absolute atomic E-state index is 11.6. The summed E-state index contributed by atoms with van der Waals surface area (Å²) < 4.78 is 5.21. The molecule has 0 radical (unpaired) electrons. The Morgan fingerprint density at radius 3 is 2.65 bits per heavy atom. The van der Waals surface area contributed by atoms with E-state index < -0.39 is 11.7 Å². The summed E-state index contributed by atoms with van der Waals surface area (Å²) in [6, 6.07) is 7.87. The summed E-state index contributed by atoms with van der Waals surface area (Å²) in [5.74, 6) is 0. The van der Waals surface area contributed by atoms with Crippen molar-refractivity contribution in [1.29, 1.82) is 0 Å². The monoisotopic (exact) mass is 279 g/mol. The van der Waals surface area contributed by atoms with Gasteiger partial charge in [-0.05, 0) is 45.4 Å². The van der Waals surface area contributed by atoms with E-state index in [1.807, 2.05) is 45.0 Å². The van der Waals surface area contributed by atoms with Crippen LogP contribution in [0.4, 0.5) is 10.5 Å². The van der Waals surface area contributed by atoms with Crippen molar-refractivity contribution in [2.24, 2.45) is 5.73 Å². The standard InChI is InChI=1S/C15H25N3O2/c1-15(2,3)20-14(19)18-11-12-7-4-5-8-13(12)17-10-6-9-16/h4-5,7-8,17H,6,9-11,16H2,1-3H3,(H,18,19). The van der Waals surface area contributed by atoms with Crippen molar-refractivity contribution in [1.82, 2.24) is 5.32 Å². The fraction of sp³-hybridized carbons (Fsp3) is 0.533. The van der Waals surface area contributed by atoms with Gasteiger partial charge in [0.25, 0.3) is 0 Å². The second-order valence-corrected chi connectivity index (χ2v) is 5.58. The first kappa shape index (κ1) is 16.3. The molecule has 1 aromatic carbocycles. The van der Waals surface area contributed by atoms with Crippen LogP contribution in [0.2, 0.25) is 0 Å². The lowest BCUT2D eigenvalue weighted by Gasteiger charge is -2.20. The number of nitrogens with one attached hydrogen (secondary N) is 2. The molecular formula is C15H25N3O2. The van der Waals surface area contributed by atoms with E-state index in [2.05, 4.69) is 10.6 Å². The number of nitrogens with two attached hydrogens (primary N) is 1. The molecule has 0 aliphatic carbocycles. The fourth-order valence-electron chi connectivity index (χ4n) is 1.65. The third kappa shape index (κ3) is 6.43. The molecule has 0 saturated heterocycles. The van der Waals surface area contributed by atoms with Crippen LogP contribution >= 0.6 is 0 Å². The predicted octanol–water partition coefficient (Wildman–Crippen LogP) is 2.47. The lowest BCUT2D eigenvalue weighted by Crippen LogP contribution is -2.32. The van der Waals surface area contributed by atoms with Crippen LogP contribution in [-0.4, -0.2) is 24.8 Å². The second kappa shape index (κ2) is 7.75. The Morgan fingerprint density at radius 2 is 2.00 bits per heavy atom. The van der Waals surface area contributed by atoms with Gasteiger partial charge >= 0.3 is 6.09 Å². The van der Waals surface area contributed by atoms with Crippen molar-refractivity contribution in [2.45, 2.75) is 39.3 Å². The zero-order valence-corrected chi connectivity index (χ0v) is 12.5. The lowest BCUT2D eigenvalue weighted by molar-refractivity contribution is 0.0523. The van der Waals surface area contributed by atoms with Crippen molar-refractivity contribution in [3.63, 3.8) is 0 Å². The number of carbonyl (C=O) groups is 1. The molecule has 0 fully saturated rings. The molecule has 0 saturated carbocycles. The molecular weight excluding hydrogens is 254 g/mol. The largest absolute Gasteiger partial charge is 0.444 e. The molecule has 1 rings (SSSR count). The van der Waals surface area contributed by atoms with Gasteiger partial charge in [0, 0.05) is 18.8 Å². The van der Waals surface area contributed by atoms with Crippen LogP contribution in [0.5, 0.6) is 0 Å². The zero-order chi connectivity index (χ0) is 15.0. The normalized spacial score (nSPS) is 11.0. The van der Waals surface area contributed by atoms with Crippen molar-refractivity contribution in [3.8, 4) is 0 Å². The number of benzene rings is 1. The minimum absolute atomic E-state index is 0.408. The lowest BCUT2D eigenvalue weighted by atomic mass is 10.1. The minimum atomic E-state index is -0.483. The summed E-state index contributed by atoms with van der Waals surface area (Å²) >= 11 is 0. The topological polar surface area (TPSA) is 76.4 Å². The molecule has 0 aromatic heterocycles. The van der Waals surface area contributed by atoms with E-state index >= 15 is 0 Å². The molecule has 0 spiro atoms. The van der Waals surface area contributed by atoms with Gasteiger partial charge in [-0.1, -0.05) is 18.2 Å². The van der Waals surface area contributed by atoms with Crippen LogP contribution in [0.3, 0.4) is 0 Å². The van der Waals surface area contributed by atoms with Crippen molar-refractivity contribution in [2.75, 3.05) is 18.4 Å². The Labute approximate surface area is 120 Å². The molecule has 5 nitrogen and oxygen atoms in total. The number of alkyl carbamates (subject to hydrolysis) is 1. The maximum atomic E-state index is 11.6. The molecule has 0 aliphatic rings. The van der Waals surface area contributed by atoms with E-state index in [0.717, 1.165) is 24.2 Å². The Balaban J connectivity index is 2.52. The zero-order valence-electron chi connectivity index (χ0n) is 12.5. The van der Waals surface area contributed by atoms with Gasteiger partial charge in [0.05, 0.1) is 0 Å². The summed E-state index contributed by atoms with van der Waals surface area (Å²) in [5.41, 5.74) is 7.03. The van der Waals surface area contributed by atoms with Crippen LogP contribution in [0.1, 0.15) is 32.8 Å². The highest BCUT2D eigenvalue weighted by Gasteiger charge is 2.15. The molecule has 0 bridgehead atoms. The number of hydrogen-bond acceptors (Lipinski definition) is 4. The quantitative estimate of drug-likeness (QED) is 0.699. The van der Waals surface area contributed by atoms with Gasteiger partial charge in [-0.2, -0.15) is 0 Å². The minimum Gasteiger partial charge on any atom is -0.444 e. The van der Waals surface area contributed by atoms with E-state index in [0.29, 0.717) is 13.1 Å². The van der Waals surface area contributed by atoms with E-state index in [1.54, 1.807) is 0 Å². The number of para-hydroxylation sites is 1. The van der Waals surface area contributed by atoms with Crippen LogP contribution in [0, 0.1) is 0 Å². The van der Waals surface area contributed by atoms with E-state index in [4.69, 9.17) is 10.5 Å². The van der Waals surface area contributed by atoms with Gasteiger partial charge in [0.2, 0.25) is 0 Å². The number of anilines is 1. The van der Waals surface area contributed by atoms with E-state index in [9.17, 15) is 4.79 Å². The average Bonchev–Trinajstić information content (AvgIpc) is 2.36. The first-order valence-corrected chi connectivity index (χ1v) is 6.91. The highest BCUT2D eigenvalue weighted by Crippen LogP contribution is 2.15. The molecule has 0 unspecified atom stereocenters. The molecule has 1 amide bonds. The summed E-state index contributed by atoms with van der Waals surface area (Å²) in [6.45, 7) is 7.44. The Kier molecular flexibility index (Phi) is 6.31. The Morgan fingerprint density at radius 1 is 1.30 bits per heavy atom. The number of ether oxygens (including phenoxy) is 1. The van der Waals surface area contributed by atoms with Gasteiger partial charge in [-0.25, -0.2) is 4.79 Å². The molecule has 20 heavy (non-hydrogen) atoms. The second-order valence-electron chi connectivity index (χ2n) is 5.58. The number of amides is 1. The predicted molar refractivity (Wildman–Crippen MR) is 81.7 cm³/mol. The smallest absolute Gasteiger partial charge is 0.407 e. The molecule has 112 valence electrons. The van der Waals surface area contributed by atoms with Gasteiger partial charge < -0.3 is 21.1 Å². The van der Waals surface area contributed by atoms with Gasteiger partial charge in [-0.3, -0.25) is 0 Å². The summed E-state index contributed by atoms with van der Waals surface area (Å²) in [7, 11) is 0. The summed E-state index contributed by atoms with van der Waals surface area (Å²) in [4.78, 5) is 11.6. The molecule has 4 N–H and O–H groups in total. The third-order valence-corrected chi connectivity index (χ3v) is 2.54. The number of carbonyl (C=O) groups excluding carboxylic acids is 1. The summed E-state index contributed by atoms with van der Waals surface area (Å²) in [6.07, 6.45) is 0.502. The fourth-order valence-corrected chi connectivity index (χ4v) is 1.65. The van der Waals surface area contributed by atoms with Crippen LogP contribution < -0.4 is 16.4 Å². The molecule has 0 atom stereocenters. The Bertz CT molecular complexity index is 427. The van der Waals surface area contributed by atoms with Gasteiger partial charge in [-0.15, -0.1) is 0 Å². The first-order chi connectivity index (χ1) is 9.42.